The summed E-state index contributed by atoms with van der Waals surface area (Å²) in [5, 5.41) is 0. The van der Waals surface area contributed by atoms with Crippen LogP contribution < -0.4 is 9.64 Å². The Bertz CT molecular complexity index is 653. The number of hydrogen-bond donors (Lipinski definition) is 0. The molecule has 3 heteroatoms. The van der Waals surface area contributed by atoms with Crippen LogP contribution in [0, 0.1) is 0 Å². The maximum Gasteiger partial charge on any atom is 0.185 e. The highest BCUT2D eigenvalue weighted by Crippen LogP contribution is 2.16. The molecule has 0 fully saturated rings. The molecule has 23 heavy (non-hydrogen) atoms. The number of rotatable bonds is 7. The minimum atomic E-state index is -0.0135. The summed E-state index contributed by atoms with van der Waals surface area (Å²) < 4.78 is 5.09. The number of nitrogens with zero attached hydrogens (tertiary/aromatic N) is 1. The van der Waals surface area contributed by atoms with Crippen molar-refractivity contribution in [1.29, 1.82) is 0 Å². The summed E-state index contributed by atoms with van der Waals surface area (Å²) >= 11 is 0. The number of carbonyl (C=O) groups is 1. The number of ether oxygens (including phenoxy) is 1. The van der Waals surface area contributed by atoms with Crippen LogP contribution in [0.1, 0.15) is 29.8 Å². The van der Waals surface area contributed by atoms with E-state index in [2.05, 4.69) is 30.9 Å². The summed E-state index contributed by atoms with van der Waals surface area (Å²) in [6.45, 7) is 6.26. The third-order valence-electron chi connectivity index (χ3n) is 3.82. The van der Waals surface area contributed by atoms with E-state index in [0.717, 1.165) is 24.4 Å². The molecule has 0 amide bonds. The van der Waals surface area contributed by atoms with Crippen molar-refractivity contribution in [2.24, 2.45) is 0 Å². The largest absolute Gasteiger partial charge is 0.497 e. The Balaban J connectivity index is 2.05. The fraction of sp³-hybridized carbons (Fsp3) is 0.250. The molecule has 0 N–H and O–H groups in total. The molecule has 0 saturated carbocycles. The van der Waals surface area contributed by atoms with E-state index < -0.39 is 0 Å². The third kappa shape index (κ3) is 4.46. The van der Waals surface area contributed by atoms with Gasteiger partial charge in [-0.25, -0.2) is 0 Å². The first-order valence-corrected chi connectivity index (χ1v) is 7.89. The van der Waals surface area contributed by atoms with E-state index in [1.165, 1.54) is 5.69 Å². The smallest absolute Gasteiger partial charge is 0.185 e. The number of benzene rings is 2. The topological polar surface area (TPSA) is 29.5 Å². The summed E-state index contributed by atoms with van der Waals surface area (Å²) in [4.78, 5) is 14.4. The molecule has 0 aliphatic carbocycles. The average Bonchev–Trinajstić information content (AvgIpc) is 2.62. The van der Waals surface area contributed by atoms with Crippen LogP contribution in [0.5, 0.6) is 5.75 Å². The van der Waals surface area contributed by atoms with Crippen molar-refractivity contribution < 1.29 is 9.53 Å². The van der Waals surface area contributed by atoms with Gasteiger partial charge < -0.3 is 9.64 Å². The molecule has 0 aliphatic heterocycles. The van der Waals surface area contributed by atoms with Crippen molar-refractivity contribution in [3.8, 4) is 5.75 Å². The summed E-state index contributed by atoms with van der Waals surface area (Å²) in [5.41, 5.74) is 2.87. The normalized spacial score (nSPS) is 10.7. The third-order valence-corrected chi connectivity index (χ3v) is 3.82. The van der Waals surface area contributed by atoms with Gasteiger partial charge in [0.15, 0.2) is 5.78 Å². The van der Waals surface area contributed by atoms with Gasteiger partial charge in [-0.2, -0.15) is 0 Å². The van der Waals surface area contributed by atoms with E-state index in [1.54, 1.807) is 37.5 Å². The van der Waals surface area contributed by atoms with Crippen LogP contribution in [0.2, 0.25) is 0 Å². The quantitative estimate of drug-likeness (QED) is 0.559. The molecule has 0 saturated heterocycles. The van der Waals surface area contributed by atoms with Crippen molar-refractivity contribution in [2.75, 3.05) is 25.1 Å². The van der Waals surface area contributed by atoms with Crippen LogP contribution in [0.3, 0.4) is 0 Å². The molecule has 2 aromatic carbocycles. The lowest BCUT2D eigenvalue weighted by molar-refractivity contribution is 0.104. The van der Waals surface area contributed by atoms with Crippen LogP contribution in [-0.2, 0) is 0 Å². The average molecular weight is 309 g/mol. The molecule has 120 valence electrons. The molecule has 0 atom stereocenters. The minimum absolute atomic E-state index is 0.0135. The van der Waals surface area contributed by atoms with Gasteiger partial charge in [0.1, 0.15) is 5.75 Å². The van der Waals surface area contributed by atoms with E-state index in [9.17, 15) is 4.79 Å². The number of ketones is 1. The molecule has 0 bridgehead atoms. The van der Waals surface area contributed by atoms with E-state index in [4.69, 9.17) is 4.74 Å². The van der Waals surface area contributed by atoms with Crippen LogP contribution in [0.15, 0.2) is 54.6 Å². The van der Waals surface area contributed by atoms with Crippen LogP contribution in [0.4, 0.5) is 5.69 Å². The number of anilines is 1. The molecule has 0 aliphatic rings. The van der Waals surface area contributed by atoms with Crippen LogP contribution in [-0.4, -0.2) is 26.0 Å². The highest BCUT2D eigenvalue weighted by atomic mass is 16.5. The summed E-state index contributed by atoms with van der Waals surface area (Å²) in [5.74, 6) is 0.734. The predicted octanol–water partition coefficient (Wildman–Crippen LogP) is 4.44. The van der Waals surface area contributed by atoms with Gasteiger partial charge in [0.2, 0.25) is 0 Å². The van der Waals surface area contributed by atoms with E-state index >= 15 is 0 Å². The van der Waals surface area contributed by atoms with Crippen LogP contribution in [0.25, 0.3) is 6.08 Å². The second-order valence-corrected chi connectivity index (χ2v) is 5.19. The molecule has 0 aromatic heterocycles. The zero-order chi connectivity index (χ0) is 16.7. The van der Waals surface area contributed by atoms with Crippen molar-refractivity contribution in [3.05, 3.63) is 65.7 Å². The van der Waals surface area contributed by atoms with Gasteiger partial charge in [0.25, 0.3) is 0 Å². The molecule has 3 nitrogen and oxygen atoms in total. The molecule has 2 rings (SSSR count). The van der Waals surface area contributed by atoms with Gasteiger partial charge in [-0.3, -0.25) is 4.79 Å². The summed E-state index contributed by atoms with van der Waals surface area (Å²) in [6.07, 6.45) is 3.45. The van der Waals surface area contributed by atoms with Gasteiger partial charge in [0.05, 0.1) is 7.11 Å². The zero-order valence-corrected chi connectivity index (χ0v) is 14.0. The first kappa shape index (κ1) is 16.8. The molecule has 0 unspecified atom stereocenters. The summed E-state index contributed by atoms with van der Waals surface area (Å²) in [7, 11) is 1.61. The molecular formula is C20H23NO2. The number of methoxy groups -OCH3 is 1. The maximum absolute atomic E-state index is 12.1. The van der Waals surface area contributed by atoms with Crippen molar-refractivity contribution in [1.82, 2.24) is 0 Å². The Morgan fingerprint density at radius 3 is 2.13 bits per heavy atom. The Hall–Kier alpha value is -2.55. The second kappa shape index (κ2) is 8.18. The van der Waals surface area contributed by atoms with Gasteiger partial charge in [-0.05, 0) is 61.9 Å². The lowest BCUT2D eigenvalue weighted by Crippen LogP contribution is -2.21. The van der Waals surface area contributed by atoms with Gasteiger partial charge in [-0.1, -0.05) is 18.2 Å². The Kier molecular flexibility index (Phi) is 5.98. The number of hydrogen-bond acceptors (Lipinski definition) is 3. The first-order valence-electron chi connectivity index (χ1n) is 7.89. The highest BCUT2D eigenvalue weighted by Gasteiger charge is 2.03. The SMILES string of the molecule is CCN(CC)c1ccc(C=CC(=O)c2ccc(OC)cc2)cc1. The minimum Gasteiger partial charge on any atom is -0.497 e. The zero-order valence-electron chi connectivity index (χ0n) is 14.0. The standard InChI is InChI=1S/C20H23NO2/c1-4-21(5-2)18-11-6-16(7-12-18)8-15-20(22)17-9-13-19(23-3)14-10-17/h6-15H,4-5H2,1-3H3. The summed E-state index contributed by atoms with van der Waals surface area (Å²) in [6, 6.07) is 15.4. The van der Waals surface area contributed by atoms with Crippen molar-refractivity contribution in [3.63, 3.8) is 0 Å². The number of carbonyl (C=O) groups excluding carboxylic acids is 1. The lowest BCUT2D eigenvalue weighted by atomic mass is 10.1. The van der Waals surface area contributed by atoms with E-state index in [-0.39, 0.29) is 5.78 Å². The van der Waals surface area contributed by atoms with Gasteiger partial charge in [-0.15, -0.1) is 0 Å². The predicted molar refractivity (Wildman–Crippen MR) is 96.4 cm³/mol. The Morgan fingerprint density at radius 2 is 1.61 bits per heavy atom. The van der Waals surface area contributed by atoms with E-state index in [1.807, 2.05) is 18.2 Å². The Morgan fingerprint density at radius 1 is 1.00 bits per heavy atom. The fourth-order valence-corrected chi connectivity index (χ4v) is 2.41. The highest BCUT2D eigenvalue weighted by molar-refractivity contribution is 6.06. The molecule has 2 aromatic rings. The molecule has 0 spiro atoms. The lowest BCUT2D eigenvalue weighted by Gasteiger charge is -2.20. The van der Waals surface area contributed by atoms with Crippen molar-refractivity contribution >= 4 is 17.5 Å². The number of allylic oxidation sites excluding steroid dienone is 1. The second-order valence-electron chi connectivity index (χ2n) is 5.19. The van der Waals surface area contributed by atoms with E-state index in [0.29, 0.717) is 5.56 Å². The molecule has 0 radical (unpaired) electrons. The first-order chi connectivity index (χ1) is 11.2. The maximum atomic E-state index is 12.1. The molecular weight excluding hydrogens is 286 g/mol. The van der Waals surface area contributed by atoms with Crippen LogP contribution >= 0.6 is 0 Å². The van der Waals surface area contributed by atoms with Gasteiger partial charge in [0, 0.05) is 24.3 Å². The van der Waals surface area contributed by atoms with Gasteiger partial charge >= 0.3 is 0 Å². The Labute approximate surface area is 138 Å². The molecule has 0 heterocycles. The fourth-order valence-electron chi connectivity index (χ4n) is 2.41. The monoisotopic (exact) mass is 309 g/mol. The van der Waals surface area contributed by atoms with Crippen molar-refractivity contribution in [2.45, 2.75) is 13.8 Å².